The van der Waals surface area contributed by atoms with Crippen LogP contribution in [0.4, 0.5) is 5.69 Å². The highest BCUT2D eigenvalue weighted by Gasteiger charge is 2.31. The summed E-state index contributed by atoms with van der Waals surface area (Å²) in [6.07, 6.45) is 1.78. The molecule has 2 rings (SSSR count). The van der Waals surface area contributed by atoms with Gasteiger partial charge in [0, 0.05) is 18.8 Å². The average Bonchev–Trinajstić information content (AvgIpc) is 2.74. The van der Waals surface area contributed by atoms with Crippen molar-refractivity contribution in [3.8, 4) is 0 Å². The van der Waals surface area contributed by atoms with Gasteiger partial charge in [0.25, 0.3) is 0 Å². The Kier molecular flexibility index (Phi) is 4.06. The molecule has 0 aromatic heterocycles. The van der Waals surface area contributed by atoms with Gasteiger partial charge in [-0.3, -0.25) is 0 Å². The number of nitrogens with two attached hydrogens (primary N) is 1. The van der Waals surface area contributed by atoms with Crippen molar-refractivity contribution >= 4 is 27.3 Å². The molecule has 3 N–H and O–H groups in total. The highest BCUT2D eigenvalue weighted by Crippen LogP contribution is 2.26. The summed E-state index contributed by atoms with van der Waals surface area (Å²) >= 11 is 5.91. The zero-order chi connectivity index (χ0) is 14.1. The first-order valence-corrected chi connectivity index (χ1v) is 7.87. The SMILES string of the molecule is CC1(CNS(=O)(=O)c2ccc(N)cc2Cl)CCCO1. The Labute approximate surface area is 118 Å². The molecular formula is C12H17ClN2O3S. The third-order valence-corrected chi connectivity index (χ3v) is 5.07. The van der Waals surface area contributed by atoms with Crippen LogP contribution in [-0.2, 0) is 14.8 Å². The van der Waals surface area contributed by atoms with Gasteiger partial charge >= 0.3 is 0 Å². The summed E-state index contributed by atoms with van der Waals surface area (Å²) in [5, 5.41) is 0.116. The van der Waals surface area contributed by atoms with Gasteiger partial charge in [-0.05, 0) is 38.0 Å². The molecule has 1 aliphatic heterocycles. The molecule has 1 fully saturated rings. The van der Waals surface area contributed by atoms with E-state index in [1.807, 2.05) is 6.92 Å². The van der Waals surface area contributed by atoms with Gasteiger partial charge in [-0.15, -0.1) is 0 Å². The largest absolute Gasteiger partial charge is 0.399 e. The fourth-order valence-corrected chi connectivity index (χ4v) is 3.74. The van der Waals surface area contributed by atoms with Crippen LogP contribution >= 0.6 is 11.6 Å². The number of hydrogen-bond donors (Lipinski definition) is 2. The van der Waals surface area contributed by atoms with E-state index in [1.165, 1.54) is 18.2 Å². The molecule has 1 heterocycles. The second-order valence-corrected chi connectivity index (χ2v) is 7.06. The summed E-state index contributed by atoms with van der Waals surface area (Å²) < 4.78 is 32.4. The monoisotopic (exact) mass is 304 g/mol. The van der Waals surface area contributed by atoms with Crippen LogP contribution < -0.4 is 10.5 Å². The molecule has 0 radical (unpaired) electrons. The summed E-state index contributed by atoms with van der Waals surface area (Å²) in [7, 11) is -3.65. The maximum Gasteiger partial charge on any atom is 0.242 e. The van der Waals surface area contributed by atoms with E-state index in [-0.39, 0.29) is 16.5 Å². The number of sulfonamides is 1. The molecule has 19 heavy (non-hydrogen) atoms. The number of halogens is 1. The number of hydrogen-bond acceptors (Lipinski definition) is 4. The lowest BCUT2D eigenvalue weighted by atomic mass is 10.0. The van der Waals surface area contributed by atoms with Crippen LogP contribution in [-0.4, -0.2) is 27.2 Å². The van der Waals surface area contributed by atoms with Crippen molar-refractivity contribution in [2.24, 2.45) is 0 Å². The van der Waals surface area contributed by atoms with Gasteiger partial charge in [0.1, 0.15) is 4.90 Å². The van der Waals surface area contributed by atoms with E-state index in [0.717, 1.165) is 12.8 Å². The normalized spacial score (nSPS) is 23.7. The van der Waals surface area contributed by atoms with E-state index in [1.54, 1.807) is 0 Å². The van der Waals surface area contributed by atoms with E-state index in [0.29, 0.717) is 12.3 Å². The van der Waals surface area contributed by atoms with E-state index in [9.17, 15) is 8.42 Å². The summed E-state index contributed by atoms with van der Waals surface area (Å²) in [6, 6.07) is 4.33. The van der Waals surface area contributed by atoms with E-state index in [4.69, 9.17) is 22.1 Å². The molecular weight excluding hydrogens is 288 g/mol. The van der Waals surface area contributed by atoms with E-state index < -0.39 is 15.6 Å². The highest BCUT2D eigenvalue weighted by molar-refractivity contribution is 7.89. The quantitative estimate of drug-likeness (QED) is 0.831. The fourth-order valence-electron chi connectivity index (χ4n) is 2.04. The predicted molar refractivity (Wildman–Crippen MR) is 74.6 cm³/mol. The van der Waals surface area contributed by atoms with Gasteiger partial charge in [-0.25, -0.2) is 13.1 Å². The van der Waals surface area contributed by atoms with Gasteiger partial charge in [-0.1, -0.05) is 11.6 Å². The molecule has 5 nitrogen and oxygen atoms in total. The van der Waals surface area contributed by atoms with Crippen molar-refractivity contribution in [1.82, 2.24) is 4.72 Å². The van der Waals surface area contributed by atoms with Crippen molar-refractivity contribution in [3.63, 3.8) is 0 Å². The van der Waals surface area contributed by atoms with Crippen LogP contribution in [0.1, 0.15) is 19.8 Å². The number of benzene rings is 1. The average molecular weight is 305 g/mol. The van der Waals surface area contributed by atoms with Crippen molar-refractivity contribution in [2.45, 2.75) is 30.3 Å². The fraction of sp³-hybridized carbons (Fsp3) is 0.500. The molecule has 1 saturated heterocycles. The lowest BCUT2D eigenvalue weighted by Crippen LogP contribution is -2.40. The van der Waals surface area contributed by atoms with E-state index >= 15 is 0 Å². The summed E-state index contributed by atoms with van der Waals surface area (Å²) in [6.45, 7) is 2.80. The first kappa shape index (κ1) is 14.6. The second kappa shape index (κ2) is 5.28. The standard InChI is InChI=1S/C12H17ClN2O3S/c1-12(5-2-6-18-12)8-15-19(16,17)11-4-3-9(14)7-10(11)13/h3-4,7,15H,2,5-6,8,14H2,1H3. The van der Waals surface area contributed by atoms with Gasteiger partial charge in [0.15, 0.2) is 0 Å². The Hall–Kier alpha value is -0.820. The zero-order valence-electron chi connectivity index (χ0n) is 10.6. The first-order valence-electron chi connectivity index (χ1n) is 6.01. The number of rotatable bonds is 4. The van der Waals surface area contributed by atoms with Crippen LogP contribution in [0.5, 0.6) is 0 Å². The van der Waals surface area contributed by atoms with Crippen molar-refractivity contribution < 1.29 is 13.2 Å². The van der Waals surface area contributed by atoms with Crippen molar-refractivity contribution in [2.75, 3.05) is 18.9 Å². The van der Waals surface area contributed by atoms with Gasteiger partial charge < -0.3 is 10.5 Å². The van der Waals surface area contributed by atoms with Crippen LogP contribution in [0.3, 0.4) is 0 Å². The second-order valence-electron chi connectivity index (χ2n) is 4.92. The van der Waals surface area contributed by atoms with Crippen molar-refractivity contribution in [1.29, 1.82) is 0 Å². The van der Waals surface area contributed by atoms with Crippen LogP contribution in [0.25, 0.3) is 0 Å². The van der Waals surface area contributed by atoms with Crippen molar-refractivity contribution in [3.05, 3.63) is 23.2 Å². The van der Waals surface area contributed by atoms with Gasteiger partial charge in [-0.2, -0.15) is 0 Å². The minimum atomic E-state index is -3.65. The molecule has 0 saturated carbocycles. The molecule has 0 amide bonds. The minimum absolute atomic E-state index is 0.0324. The first-order chi connectivity index (χ1) is 8.82. The molecule has 7 heteroatoms. The number of nitrogen functional groups attached to an aromatic ring is 1. The van der Waals surface area contributed by atoms with Crippen LogP contribution in [0.2, 0.25) is 5.02 Å². The smallest absolute Gasteiger partial charge is 0.242 e. The predicted octanol–water partition coefficient (Wildman–Crippen LogP) is 1.77. The van der Waals surface area contributed by atoms with Crippen LogP contribution in [0, 0.1) is 0 Å². The Morgan fingerprint density at radius 3 is 2.84 bits per heavy atom. The maximum absolute atomic E-state index is 12.2. The molecule has 0 spiro atoms. The summed E-state index contributed by atoms with van der Waals surface area (Å²) in [4.78, 5) is 0.0324. The Morgan fingerprint density at radius 2 is 2.26 bits per heavy atom. The minimum Gasteiger partial charge on any atom is -0.399 e. The van der Waals surface area contributed by atoms with Gasteiger partial charge in [0.05, 0.1) is 10.6 Å². The molecule has 0 aliphatic carbocycles. The molecule has 106 valence electrons. The molecule has 1 unspecified atom stereocenters. The van der Waals surface area contributed by atoms with E-state index in [2.05, 4.69) is 4.72 Å². The molecule has 1 aromatic carbocycles. The molecule has 1 aliphatic rings. The Morgan fingerprint density at radius 1 is 1.53 bits per heavy atom. The molecule has 1 atom stereocenters. The third-order valence-electron chi connectivity index (χ3n) is 3.18. The summed E-state index contributed by atoms with van der Waals surface area (Å²) in [5.74, 6) is 0. The third kappa shape index (κ3) is 3.39. The lowest BCUT2D eigenvalue weighted by molar-refractivity contribution is 0.0250. The zero-order valence-corrected chi connectivity index (χ0v) is 12.2. The topological polar surface area (TPSA) is 81.4 Å². The number of ether oxygens (including phenoxy) is 1. The Bertz CT molecular complexity index is 568. The highest BCUT2D eigenvalue weighted by atomic mass is 35.5. The van der Waals surface area contributed by atoms with Gasteiger partial charge in [0.2, 0.25) is 10.0 Å². The lowest BCUT2D eigenvalue weighted by Gasteiger charge is -2.23. The number of nitrogens with one attached hydrogen (secondary N) is 1. The molecule has 1 aromatic rings. The van der Waals surface area contributed by atoms with Crippen LogP contribution in [0.15, 0.2) is 23.1 Å². The number of anilines is 1. The Balaban J connectivity index is 2.14. The molecule has 0 bridgehead atoms. The summed E-state index contributed by atoms with van der Waals surface area (Å²) in [5.41, 5.74) is 5.53. The maximum atomic E-state index is 12.2.